The van der Waals surface area contributed by atoms with Crippen molar-refractivity contribution < 1.29 is 17.9 Å². The van der Waals surface area contributed by atoms with Crippen LogP contribution in [0, 0.1) is 6.92 Å². The fourth-order valence-corrected chi connectivity index (χ4v) is 4.25. The zero-order valence-electron chi connectivity index (χ0n) is 12.1. The van der Waals surface area contributed by atoms with Crippen molar-refractivity contribution in [2.24, 2.45) is 0 Å². The molecule has 0 spiro atoms. The van der Waals surface area contributed by atoms with E-state index >= 15 is 0 Å². The molecular formula is C13H18N2O4S2. The summed E-state index contributed by atoms with van der Waals surface area (Å²) in [7, 11) is -3.71. The first-order chi connectivity index (χ1) is 9.87. The first-order valence-corrected chi connectivity index (χ1v) is 8.84. The largest absolute Gasteiger partial charge is 0.462 e. The lowest BCUT2D eigenvalue weighted by Gasteiger charge is -2.11. The maximum absolute atomic E-state index is 12.4. The van der Waals surface area contributed by atoms with Gasteiger partial charge >= 0.3 is 0 Å². The number of aromatic nitrogens is 1. The lowest BCUT2D eigenvalue weighted by Crippen LogP contribution is -2.27. The molecule has 2 aromatic heterocycles. The minimum Gasteiger partial charge on any atom is -0.462 e. The second-order valence-electron chi connectivity index (χ2n) is 4.65. The monoisotopic (exact) mass is 330 g/mol. The second kappa shape index (κ2) is 6.27. The highest BCUT2D eigenvalue weighted by Gasteiger charge is 2.24. The van der Waals surface area contributed by atoms with Crippen molar-refractivity contribution in [2.75, 3.05) is 0 Å². The summed E-state index contributed by atoms with van der Waals surface area (Å²) in [6.07, 6.45) is 2.63. The van der Waals surface area contributed by atoms with Gasteiger partial charge in [0.05, 0.1) is 6.04 Å². The van der Waals surface area contributed by atoms with E-state index in [1.54, 1.807) is 20.0 Å². The van der Waals surface area contributed by atoms with Crippen molar-refractivity contribution in [3.8, 4) is 0 Å². The summed E-state index contributed by atoms with van der Waals surface area (Å²) in [5.74, 6) is 0.482. The molecule has 0 aromatic carbocycles. The summed E-state index contributed by atoms with van der Waals surface area (Å²) < 4.78 is 32.5. The number of aliphatic hydroxyl groups excluding tert-OH is 1. The lowest BCUT2D eigenvalue weighted by atomic mass is 10.4. The van der Waals surface area contributed by atoms with Crippen molar-refractivity contribution in [3.05, 3.63) is 33.7 Å². The van der Waals surface area contributed by atoms with Crippen LogP contribution >= 0.6 is 11.3 Å². The zero-order valence-corrected chi connectivity index (χ0v) is 13.7. The maximum Gasteiger partial charge on any atom is 0.244 e. The van der Waals surface area contributed by atoms with E-state index in [0.29, 0.717) is 0 Å². The summed E-state index contributed by atoms with van der Waals surface area (Å²) in [6.45, 7) is 4.99. The molecule has 2 N–H and O–H groups in total. The Balaban J connectivity index is 2.21. The quantitative estimate of drug-likeness (QED) is 0.846. The number of aryl methyl sites for hydroxylation is 2. The van der Waals surface area contributed by atoms with Crippen molar-refractivity contribution in [1.29, 1.82) is 0 Å². The lowest BCUT2D eigenvalue weighted by molar-refractivity contribution is 0.244. The van der Waals surface area contributed by atoms with Crippen LogP contribution in [0.2, 0.25) is 0 Å². The summed E-state index contributed by atoms with van der Waals surface area (Å²) in [5, 5.41) is 9.73. The van der Waals surface area contributed by atoms with E-state index in [2.05, 4.69) is 9.71 Å². The van der Waals surface area contributed by atoms with E-state index in [1.807, 2.05) is 6.92 Å². The van der Waals surface area contributed by atoms with Gasteiger partial charge in [-0.2, -0.15) is 0 Å². The van der Waals surface area contributed by atoms with Crippen LogP contribution in [0.3, 0.4) is 0 Å². The van der Waals surface area contributed by atoms with Gasteiger partial charge in [0.15, 0.2) is 0 Å². The molecule has 2 aromatic rings. The summed E-state index contributed by atoms with van der Waals surface area (Å²) in [4.78, 5) is 5.39. The fourth-order valence-electron chi connectivity index (χ4n) is 1.90. The van der Waals surface area contributed by atoms with Gasteiger partial charge < -0.3 is 9.52 Å². The van der Waals surface area contributed by atoms with Crippen LogP contribution in [0.25, 0.3) is 0 Å². The third kappa shape index (κ3) is 3.52. The van der Waals surface area contributed by atoms with Crippen LogP contribution in [0.4, 0.5) is 0 Å². The van der Waals surface area contributed by atoms with Gasteiger partial charge in [0.2, 0.25) is 10.0 Å². The van der Waals surface area contributed by atoms with Gasteiger partial charge in [-0.15, -0.1) is 11.3 Å². The van der Waals surface area contributed by atoms with Crippen LogP contribution in [0.15, 0.2) is 21.6 Å². The van der Waals surface area contributed by atoms with Gasteiger partial charge in [-0.25, -0.2) is 18.1 Å². The number of sulfonamides is 1. The number of furan rings is 1. The Morgan fingerprint density at radius 1 is 1.52 bits per heavy atom. The molecular weight excluding hydrogens is 312 g/mol. The van der Waals surface area contributed by atoms with Crippen molar-refractivity contribution in [2.45, 2.75) is 44.7 Å². The second-order valence-corrected chi connectivity index (χ2v) is 7.48. The van der Waals surface area contributed by atoms with Gasteiger partial charge in [0, 0.05) is 17.1 Å². The molecule has 2 heterocycles. The van der Waals surface area contributed by atoms with Gasteiger partial charge in [-0.3, -0.25) is 0 Å². The first-order valence-electron chi connectivity index (χ1n) is 6.54. The third-order valence-electron chi connectivity index (χ3n) is 2.99. The van der Waals surface area contributed by atoms with E-state index in [1.165, 1.54) is 17.4 Å². The molecule has 0 aliphatic rings. The number of hydrogen-bond acceptors (Lipinski definition) is 6. The van der Waals surface area contributed by atoms with Crippen molar-refractivity contribution in [1.82, 2.24) is 9.71 Å². The number of thiazole rings is 1. The standard InChI is InChI=1S/C13H18N2O4S2/c1-4-11-6-14-13(20-11)8(2)15-21(17,18)12-5-10(7-16)19-9(12)3/h5-6,8,15-16H,4,7H2,1-3H3. The number of nitrogens with one attached hydrogen (secondary N) is 1. The van der Waals surface area contributed by atoms with Crippen molar-refractivity contribution >= 4 is 21.4 Å². The normalized spacial score (nSPS) is 13.5. The van der Waals surface area contributed by atoms with Gasteiger partial charge in [-0.05, 0) is 20.3 Å². The molecule has 0 aliphatic carbocycles. The minimum atomic E-state index is -3.71. The Morgan fingerprint density at radius 2 is 2.24 bits per heavy atom. The third-order valence-corrected chi connectivity index (χ3v) is 5.96. The molecule has 21 heavy (non-hydrogen) atoms. The Hall–Kier alpha value is -1.22. The number of rotatable bonds is 6. The van der Waals surface area contributed by atoms with Gasteiger partial charge in [-0.1, -0.05) is 6.92 Å². The van der Waals surface area contributed by atoms with E-state index in [0.717, 1.165) is 16.3 Å². The minimum absolute atomic E-state index is 0.0469. The summed E-state index contributed by atoms with van der Waals surface area (Å²) >= 11 is 1.49. The molecule has 0 radical (unpaired) electrons. The number of aliphatic hydroxyl groups is 1. The van der Waals surface area contributed by atoms with Crippen molar-refractivity contribution in [3.63, 3.8) is 0 Å². The molecule has 1 unspecified atom stereocenters. The Kier molecular flexibility index (Phi) is 4.82. The zero-order chi connectivity index (χ0) is 15.6. The topological polar surface area (TPSA) is 92.4 Å². The number of nitrogens with zero attached hydrogens (tertiary/aromatic N) is 1. The highest BCUT2D eigenvalue weighted by atomic mass is 32.2. The average molecular weight is 330 g/mol. The van der Waals surface area contributed by atoms with Crippen LogP contribution in [0.5, 0.6) is 0 Å². The Bertz CT molecular complexity index is 718. The van der Waals surface area contributed by atoms with E-state index in [4.69, 9.17) is 9.52 Å². The molecule has 116 valence electrons. The van der Waals surface area contributed by atoms with E-state index < -0.39 is 16.1 Å². The molecule has 0 fully saturated rings. The molecule has 0 amide bonds. The Morgan fingerprint density at radius 3 is 2.76 bits per heavy atom. The SMILES string of the molecule is CCc1cnc(C(C)NS(=O)(=O)c2cc(CO)oc2C)s1. The molecule has 0 bridgehead atoms. The van der Waals surface area contributed by atoms with Crippen LogP contribution in [-0.2, 0) is 23.1 Å². The van der Waals surface area contributed by atoms with E-state index in [-0.39, 0.29) is 23.0 Å². The summed E-state index contributed by atoms with van der Waals surface area (Å²) in [6, 6.07) is 0.913. The molecule has 2 rings (SSSR count). The predicted octanol–water partition coefficient (Wildman–Crippen LogP) is 2.14. The summed E-state index contributed by atoms with van der Waals surface area (Å²) in [5.41, 5.74) is 0. The first kappa shape index (κ1) is 16.2. The molecule has 6 nitrogen and oxygen atoms in total. The van der Waals surface area contributed by atoms with Crippen LogP contribution in [-0.4, -0.2) is 18.5 Å². The van der Waals surface area contributed by atoms with Gasteiger partial charge in [0.1, 0.15) is 28.0 Å². The number of hydrogen-bond donors (Lipinski definition) is 2. The average Bonchev–Trinajstić information content (AvgIpc) is 3.04. The smallest absolute Gasteiger partial charge is 0.244 e. The molecule has 0 saturated heterocycles. The highest BCUT2D eigenvalue weighted by molar-refractivity contribution is 7.89. The van der Waals surface area contributed by atoms with Crippen LogP contribution < -0.4 is 4.72 Å². The maximum atomic E-state index is 12.4. The van der Waals surface area contributed by atoms with E-state index in [9.17, 15) is 8.42 Å². The van der Waals surface area contributed by atoms with Gasteiger partial charge in [0.25, 0.3) is 0 Å². The molecule has 1 atom stereocenters. The molecule has 0 aliphatic heterocycles. The molecule has 0 saturated carbocycles. The molecule has 8 heteroatoms. The predicted molar refractivity (Wildman–Crippen MR) is 79.6 cm³/mol. The Labute approximate surface area is 127 Å². The fraction of sp³-hybridized carbons (Fsp3) is 0.462. The highest BCUT2D eigenvalue weighted by Crippen LogP contribution is 2.25. The van der Waals surface area contributed by atoms with Crippen LogP contribution in [0.1, 0.15) is 41.3 Å².